The van der Waals surface area contributed by atoms with E-state index in [9.17, 15) is 4.79 Å². The molecule has 0 spiro atoms. The van der Waals surface area contributed by atoms with Gasteiger partial charge in [0.05, 0.1) is 5.56 Å². The van der Waals surface area contributed by atoms with Crippen LogP contribution >= 0.6 is 0 Å². The van der Waals surface area contributed by atoms with Gasteiger partial charge in [-0.25, -0.2) is 0 Å². The number of hydrogen-bond acceptors (Lipinski definition) is 2. The maximum atomic E-state index is 13.0. The minimum Gasteiger partial charge on any atom is -0.457 e. The van der Waals surface area contributed by atoms with Gasteiger partial charge in [-0.05, 0) is 78.5 Å². The number of carbonyl (C=O) groups is 1. The molecule has 194 valence electrons. The quantitative estimate of drug-likeness (QED) is 0.159. The Morgan fingerprint density at radius 1 is 0.711 bits per heavy atom. The van der Waals surface area contributed by atoms with E-state index in [0.29, 0.717) is 22.8 Å². The van der Waals surface area contributed by atoms with Gasteiger partial charge in [0.25, 0.3) is 0 Å². The number of carbonyl (C=O) groups excluding carboxylic acids is 1. The van der Waals surface area contributed by atoms with Crippen LogP contribution in [0, 0.1) is 5.92 Å². The molecular weight excluding hydrogens is 464 g/mol. The minimum absolute atomic E-state index is 0.0390. The van der Waals surface area contributed by atoms with Gasteiger partial charge in [-0.3, -0.25) is 4.79 Å². The highest BCUT2D eigenvalue weighted by molar-refractivity contribution is 6.10. The summed E-state index contributed by atoms with van der Waals surface area (Å²) in [5.74, 6) is 2.90. The van der Waals surface area contributed by atoms with Crippen molar-refractivity contribution in [3.63, 3.8) is 0 Å². The molecular formula is C36H38O2. The third kappa shape index (κ3) is 6.42. The summed E-state index contributed by atoms with van der Waals surface area (Å²) >= 11 is 0. The van der Waals surface area contributed by atoms with Crippen LogP contribution in [0.25, 0.3) is 11.1 Å². The average Bonchev–Trinajstić information content (AvgIpc) is 2.99. The standard InChI is InChI=1S/C36H38O2/c1-2-3-5-10-27-15-17-28(18-16-27)29-19-21-30(22-20-29)31-23-25-33(26-24-31)38-35-14-9-8-13-34(35)36(37)32-11-6-4-7-12-32/h4,6-9,11-14,19-28H,2-3,5,10,15-18H2,1H3. The molecule has 2 nitrogen and oxygen atoms in total. The van der Waals surface area contributed by atoms with E-state index in [4.69, 9.17) is 4.74 Å². The van der Waals surface area contributed by atoms with Gasteiger partial charge in [-0.2, -0.15) is 0 Å². The van der Waals surface area contributed by atoms with Crippen LogP contribution in [0.1, 0.15) is 85.7 Å². The van der Waals surface area contributed by atoms with E-state index in [0.717, 1.165) is 17.2 Å². The molecule has 0 aromatic heterocycles. The Balaban J connectivity index is 1.21. The number of ketones is 1. The Bertz CT molecular complexity index is 1300. The maximum Gasteiger partial charge on any atom is 0.196 e. The van der Waals surface area contributed by atoms with Crippen molar-refractivity contribution in [2.45, 2.75) is 64.2 Å². The van der Waals surface area contributed by atoms with Crippen LogP contribution in [0.15, 0.2) is 103 Å². The van der Waals surface area contributed by atoms with E-state index in [-0.39, 0.29) is 5.78 Å². The summed E-state index contributed by atoms with van der Waals surface area (Å²) in [4.78, 5) is 13.0. The van der Waals surface area contributed by atoms with E-state index in [1.807, 2.05) is 66.7 Å². The van der Waals surface area contributed by atoms with Crippen LogP contribution in [-0.2, 0) is 0 Å². The zero-order valence-electron chi connectivity index (χ0n) is 22.4. The second-order valence-electron chi connectivity index (χ2n) is 10.7. The number of hydrogen-bond donors (Lipinski definition) is 0. The van der Waals surface area contributed by atoms with Gasteiger partial charge in [-0.15, -0.1) is 0 Å². The lowest BCUT2D eigenvalue weighted by molar-refractivity contribution is 0.103. The molecule has 0 saturated heterocycles. The second kappa shape index (κ2) is 12.7. The summed E-state index contributed by atoms with van der Waals surface area (Å²) in [5.41, 5.74) is 5.08. The van der Waals surface area contributed by atoms with Crippen LogP contribution < -0.4 is 4.74 Å². The molecule has 0 bridgehead atoms. The normalized spacial score (nSPS) is 17.2. The molecule has 0 radical (unpaired) electrons. The monoisotopic (exact) mass is 502 g/mol. The summed E-state index contributed by atoms with van der Waals surface area (Å²) < 4.78 is 6.16. The number of unbranched alkanes of at least 4 members (excludes halogenated alkanes) is 2. The molecule has 0 atom stereocenters. The molecule has 1 fully saturated rings. The van der Waals surface area contributed by atoms with Crippen molar-refractivity contribution < 1.29 is 9.53 Å². The van der Waals surface area contributed by atoms with E-state index >= 15 is 0 Å². The van der Waals surface area contributed by atoms with Crippen LogP contribution in [-0.4, -0.2) is 5.78 Å². The van der Waals surface area contributed by atoms with Crippen LogP contribution in [0.5, 0.6) is 11.5 Å². The van der Waals surface area contributed by atoms with Crippen molar-refractivity contribution in [2.24, 2.45) is 5.92 Å². The highest BCUT2D eigenvalue weighted by Gasteiger charge is 2.22. The number of ether oxygens (including phenoxy) is 1. The first-order chi connectivity index (χ1) is 18.7. The molecule has 0 unspecified atom stereocenters. The highest BCUT2D eigenvalue weighted by Crippen LogP contribution is 2.38. The molecule has 5 rings (SSSR count). The summed E-state index contributed by atoms with van der Waals surface area (Å²) in [6.07, 6.45) is 11.0. The molecule has 1 aliphatic carbocycles. The summed E-state index contributed by atoms with van der Waals surface area (Å²) in [5, 5.41) is 0. The van der Waals surface area contributed by atoms with Gasteiger partial charge in [0.15, 0.2) is 5.78 Å². The molecule has 38 heavy (non-hydrogen) atoms. The van der Waals surface area contributed by atoms with E-state index in [1.165, 1.54) is 62.5 Å². The van der Waals surface area contributed by atoms with Crippen molar-refractivity contribution in [2.75, 3.05) is 0 Å². The molecule has 0 aliphatic heterocycles. The van der Waals surface area contributed by atoms with Gasteiger partial charge >= 0.3 is 0 Å². The van der Waals surface area contributed by atoms with Crippen molar-refractivity contribution in [3.05, 3.63) is 120 Å². The SMILES string of the molecule is CCCCCC1CCC(c2ccc(-c3ccc(Oc4ccccc4C(=O)c4ccccc4)cc3)cc2)CC1. The number of rotatable bonds is 10. The van der Waals surface area contributed by atoms with Crippen molar-refractivity contribution in [1.29, 1.82) is 0 Å². The lowest BCUT2D eigenvalue weighted by atomic mass is 9.77. The van der Waals surface area contributed by atoms with Gasteiger partial charge in [0, 0.05) is 5.56 Å². The predicted molar refractivity (Wildman–Crippen MR) is 157 cm³/mol. The molecule has 1 aliphatic rings. The molecule has 4 aromatic carbocycles. The molecule has 4 aromatic rings. The highest BCUT2D eigenvalue weighted by atomic mass is 16.5. The number of benzene rings is 4. The van der Waals surface area contributed by atoms with Gasteiger partial charge in [0.1, 0.15) is 11.5 Å². The van der Waals surface area contributed by atoms with Crippen LogP contribution in [0.4, 0.5) is 0 Å². The van der Waals surface area contributed by atoms with Crippen molar-refractivity contribution in [1.82, 2.24) is 0 Å². The Labute approximate surface area is 227 Å². The second-order valence-corrected chi connectivity index (χ2v) is 10.7. The zero-order valence-corrected chi connectivity index (χ0v) is 22.4. The Hall–Kier alpha value is -3.65. The summed E-state index contributed by atoms with van der Waals surface area (Å²) in [6.45, 7) is 2.29. The molecule has 0 heterocycles. The van der Waals surface area contributed by atoms with E-state index in [1.54, 1.807) is 0 Å². The van der Waals surface area contributed by atoms with Gasteiger partial charge in [-0.1, -0.05) is 111 Å². The topological polar surface area (TPSA) is 26.3 Å². The Morgan fingerprint density at radius 3 is 2.03 bits per heavy atom. The summed E-state index contributed by atoms with van der Waals surface area (Å²) in [6, 6.07) is 34.1. The molecule has 0 N–H and O–H groups in total. The fourth-order valence-corrected chi connectivity index (χ4v) is 5.75. The summed E-state index contributed by atoms with van der Waals surface area (Å²) in [7, 11) is 0. The Morgan fingerprint density at radius 2 is 1.34 bits per heavy atom. The minimum atomic E-state index is -0.0390. The van der Waals surface area contributed by atoms with Gasteiger partial charge < -0.3 is 4.74 Å². The molecule has 2 heteroatoms. The van der Waals surface area contributed by atoms with E-state index < -0.39 is 0 Å². The number of para-hydroxylation sites is 1. The van der Waals surface area contributed by atoms with E-state index in [2.05, 4.69) is 43.3 Å². The Kier molecular flexibility index (Phi) is 8.71. The van der Waals surface area contributed by atoms with Crippen molar-refractivity contribution in [3.8, 4) is 22.6 Å². The fourth-order valence-electron chi connectivity index (χ4n) is 5.75. The lowest BCUT2D eigenvalue weighted by Crippen LogP contribution is -2.13. The van der Waals surface area contributed by atoms with Crippen molar-refractivity contribution >= 4 is 5.78 Å². The maximum absolute atomic E-state index is 13.0. The predicted octanol–water partition coefficient (Wildman–Crippen LogP) is 10.2. The fraction of sp³-hybridized carbons (Fsp3) is 0.306. The third-order valence-electron chi connectivity index (χ3n) is 8.03. The first-order valence-corrected chi connectivity index (χ1v) is 14.3. The van der Waals surface area contributed by atoms with Crippen LogP contribution in [0.2, 0.25) is 0 Å². The first kappa shape index (κ1) is 26.0. The molecule has 0 amide bonds. The average molecular weight is 503 g/mol. The van der Waals surface area contributed by atoms with Gasteiger partial charge in [0.2, 0.25) is 0 Å². The largest absolute Gasteiger partial charge is 0.457 e. The molecule has 1 saturated carbocycles. The van der Waals surface area contributed by atoms with Crippen LogP contribution in [0.3, 0.4) is 0 Å². The zero-order chi connectivity index (χ0) is 26.2. The lowest BCUT2D eigenvalue weighted by Gasteiger charge is -2.29. The first-order valence-electron chi connectivity index (χ1n) is 14.3. The smallest absolute Gasteiger partial charge is 0.196 e. The third-order valence-corrected chi connectivity index (χ3v) is 8.03.